The van der Waals surface area contributed by atoms with E-state index in [1.807, 2.05) is 20.8 Å². The van der Waals surface area contributed by atoms with E-state index < -0.39 is 24.4 Å². The summed E-state index contributed by atoms with van der Waals surface area (Å²) in [5.41, 5.74) is 6.45. The molecule has 0 spiro atoms. The highest BCUT2D eigenvalue weighted by Gasteiger charge is 2.39. The molecule has 0 aliphatic carbocycles. The molecule has 1 unspecified atom stereocenters. The van der Waals surface area contributed by atoms with Gasteiger partial charge >= 0.3 is 12.2 Å². The molecule has 17 heteroatoms. The maximum atomic E-state index is 13.7. The lowest BCUT2D eigenvalue weighted by Crippen LogP contribution is -2.55. The van der Waals surface area contributed by atoms with Crippen molar-refractivity contribution in [2.24, 2.45) is 5.92 Å². The lowest BCUT2D eigenvalue weighted by molar-refractivity contribution is -0.138. The molecule has 4 N–H and O–H groups in total. The van der Waals surface area contributed by atoms with E-state index in [4.69, 9.17) is 24.4 Å². The number of carbonyl (C=O) groups excluding carboxylic acids is 4. The van der Waals surface area contributed by atoms with E-state index in [0.717, 1.165) is 81.3 Å². The van der Waals surface area contributed by atoms with Crippen molar-refractivity contribution in [2.75, 3.05) is 41.4 Å². The van der Waals surface area contributed by atoms with Gasteiger partial charge in [0.2, 0.25) is 5.91 Å². The smallest absolute Gasteiger partial charge is 0.408 e. The Morgan fingerprint density at radius 1 is 0.783 bits per heavy atom. The Balaban J connectivity index is 1.04. The standard InChI is InChI=1S/C43H51N11O6/c1-23(2)36(49-42(57)59-6)40(55)52-16-8-10-33(52)37-45-22-31(48-37)26-12-14-28-29(19-26)46-24(3)54-32-15-13-25(18-27(32)20-35(28)54)30-21-44-38(47-30)34-11-9-17-53(34)41(56)39(51(4)5)50-43(58)60-7/h12-15,18-23,33-34,36,39H,8-11,16-17H2,1-7H3,(H,44,47)(H,45,48)(H,49,57)(H,50,58)/t33-,34+,36?,39+/m1/s1. The summed E-state index contributed by atoms with van der Waals surface area (Å²) in [5, 5.41) is 7.38. The number of hydrogen-bond donors (Lipinski definition) is 4. The molecule has 0 saturated carbocycles. The van der Waals surface area contributed by atoms with Gasteiger partial charge in [-0.15, -0.1) is 0 Å². The number of likely N-dealkylation sites (N-methyl/N-ethyl adjacent to an activating group) is 1. The molecule has 4 amide bonds. The Morgan fingerprint density at radius 3 is 1.97 bits per heavy atom. The maximum Gasteiger partial charge on any atom is 0.408 e. The van der Waals surface area contributed by atoms with Gasteiger partial charge < -0.3 is 34.6 Å². The molecule has 60 heavy (non-hydrogen) atoms. The molecule has 2 aromatic carbocycles. The molecular weight excluding hydrogens is 767 g/mol. The molecular formula is C43H51N11O6. The van der Waals surface area contributed by atoms with Gasteiger partial charge in [0.1, 0.15) is 23.5 Å². The number of nitrogens with zero attached hydrogens (tertiary/aromatic N) is 7. The number of aromatic nitrogens is 6. The first-order valence-electron chi connectivity index (χ1n) is 20.3. The van der Waals surface area contributed by atoms with Crippen LogP contribution >= 0.6 is 0 Å². The molecule has 8 rings (SSSR count). The number of ether oxygens (including phenoxy) is 2. The van der Waals surface area contributed by atoms with E-state index >= 15 is 0 Å². The van der Waals surface area contributed by atoms with Crippen LogP contribution in [0.5, 0.6) is 0 Å². The number of fused-ring (bicyclic) bond motifs is 5. The molecule has 2 aliphatic heterocycles. The maximum absolute atomic E-state index is 13.7. The second-order valence-electron chi connectivity index (χ2n) is 16.1. The predicted molar refractivity (Wildman–Crippen MR) is 225 cm³/mol. The van der Waals surface area contributed by atoms with Gasteiger partial charge in [-0.3, -0.25) is 24.2 Å². The minimum atomic E-state index is -0.868. The Hall–Kier alpha value is -6.49. The third-order valence-corrected chi connectivity index (χ3v) is 11.8. The summed E-state index contributed by atoms with van der Waals surface area (Å²) >= 11 is 0. The van der Waals surface area contributed by atoms with Crippen LogP contribution in [0.15, 0.2) is 54.9 Å². The van der Waals surface area contributed by atoms with Crippen LogP contribution in [0.3, 0.4) is 0 Å². The number of benzene rings is 2. The molecule has 0 radical (unpaired) electrons. The number of likely N-dealkylation sites (tertiary alicyclic amines) is 2. The first kappa shape index (κ1) is 40.3. The number of methoxy groups -OCH3 is 2. The first-order chi connectivity index (χ1) is 28.9. The molecule has 17 nitrogen and oxygen atoms in total. The van der Waals surface area contributed by atoms with Crippen molar-refractivity contribution in [3.8, 4) is 22.5 Å². The van der Waals surface area contributed by atoms with E-state index in [2.05, 4.69) is 67.5 Å². The van der Waals surface area contributed by atoms with Crippen molar-refractivity contribution in [2.45, 2.75) is 70.7 Å². The Labute approximate surface area is 346 Å². The van der Waals surface area contributed by atoms with Gasteiger partial charge in [-0.2, -0.15) is 0 Å². The van der Waals surface area contributed by atoms with Gasteiger partial charge in [-0.25, -0.2) is 24.5 Å². The number of H-pyrrole nitrogens is 2. The highest BCUT2D eigenvalue weighted by molar-refractivity contribution is 6.03. The summed E-state index contributed by atoms with van der Waals surface area (Å²) in [6, 6.07) is 13.5. The molecule has 6 aromatic rings. The number of aryl methyl sites for hydroxylation is 1. The van der Waals surface area contributed by atoms with Crippen LogP contribution in [0, 0.1) is 12.8 Å². The fourth-order valence-corrected chi connectivity index (χ4v) is 8.71. The van der Waals surface area contributed by atoms with Gasteiger partial charge in [0, 0.05) is 35.0 Å². The Kier molecular flexibility index (Phi) is 10.9. The van der Waals surface area contributed by atoms with Crippen LogP contribution in [0.1, 0.15) is 69.1 Å². The van der Waals surface area contributed by atoms with Gasteiger partial charge in [-0.1, -0.05) is 32.0 Å². The Morgan fingerprint density at radius 2 is 1.37 bits per heavy atom. The van der Waals surface area contributed by atoms with Crippen molar-refractivity contribution < 1.29 is 28.7 Å². The molecule has 314 valence electrons. The number of carbonyl (C=O) groups is 4. The van der Waals surface area contributed by atoms with Crippen molar-refractivity contribution in [3.63, 3.8) is 0 Å². The van der Waals surface area contributed by atoms with E-state index in [0.29, 0.717) is 24.7 Å². The van der Waals surface area contributed by atoms with Gasteiger partial charge in [0.15, 0.2) is 6.17 Å². The van der Waals surface area contributed by atoms with Crippen LogP contribution < -0.4 is 10.6 Å². The highest BCUT2D eigenvalue weighted by atomic mass is 16.5. The Bertz CT molecular complexity index is 2610. The molecule has 6 heterocycles. The van der Waals surface area contributed by atoms with Crippen LogP contribution in [-0.4, -0.2) is 122 Å². The molecule has 2 aliphatic rings. The lowest BCUT2D eigenvalue weighted by atomic mass is 10.0. The van der Waals surface area contributed by atoms with E-state index in [9.17, 15) is 19.2 Å². The van der Waals surface area contributed by atoms with E-state index in [1.165, 1.54) is 14.2 Å². The summed E-state index contributed by atoms with van der Waals surface area (Å²) in [5.74, 6) is 1.75. The average Bonchev–Trinajstić information content (AvgIpc) is 4.09. The zero-order valence-electron chi connectivity index (χ0n) is 34.9. The molecule has 0 bridgehead atoms. The SMILES string of the molecule is COC(=O)NC(C(=O)N1CCC[C@@H]1c1ncc(-c2ccc3c(c2)nc(C)n2c4ccc(-c5cnc([C@@H]6CCCN6C(=O)[C@@H](NC(=O)OC)N(C)C)[nH]5)cc4cc32)[nH]1)C(C)C. The molecule has 2 saturated heterocycles. The number of aromatic amines is 2. The third kappa shape index (κ3) is 7.37. The van der Waals surface area contributed by atoms with Gasteiger partial charge in [0.05, 0.1) is 66.6 Å². The number of alkyl carbamates (subject to hydrolysis) is 2. The van der Waals surface area contributed by atoms with Crippen molar-refractivity contribution >= 4 is 51.3 Å². The number of amides is 4. The lowest BCUT2D eigenvalue weighted by Gasteiger charge is -2.31. The van der Waals surface area contributed by atoms with Crippen LogP contribution in [0.2, 0.25) is 0 Å². The van der Waals surface area contributed by atoms with Crippen molar-refractivity contribution in [1.29, 1.82) is 0 Å². The second-order valence-corrected chi connectivity index (χ2v) is 16.1. The third-order valence-electron chi connectivity index (χ3n) is 11.8. The normalized spacial score (nSPS) is 17.9. The van der Waals surface area contributed by atoms with Crippen molar-refractivity contribution in [1.82, 2.24) is 54.7 Å². The van der Waals surface area contributed by atoms with E-state index in [-0.39, 0.29) is 29.8 Å². The van der Waals surface area contributed by atoms with E-state index in [1.54, 1.807) is 41.2 Å². The largest absolute Gasteiger partial charge is 0.453 e. The monoisotopic (exact) mass is 817 g/mol. The zero-order chi connectivity index (χ0) is 42.4. The summed E-state index contributed by atoms with van der Waals surface area (Å²) < 4.78 is 11.7. The number of hydrogen-bond acceptors (Lipinski definition) is 10. The highest BCUT2D eigenvalue weighted by Crippen LogP contribution is 2.36. The zero-order valence-corrected chi connectivity index (χ0v) is 34.9. The topological polar surface area (TPSA) is 195 Å². The van der Waals surface area contributed by atoms with Crippen LogP contribution in [0.25, 0.3) is 49.8 Å². The average molecular weight is 818 g/mol. The summed E-state index contributed by atoms with van der Waals surface area (Å²) in [7, 11) is 6.03. The fourth-order valence-electron chi connectivity index (χ4n) is 8.71. The summed E-state index contributed by atoms with van der Waals surface area (Å²) in [6.45, 7) is 6.94. The minimum Gasteiger partial charge on any atom is -0.453 e. The first-order valence-corrected chi connectivity index (χ1v) is 20.3. The summed E-state index contributed by atoms with van der Waals surface area (Å²) in [4.78, 5) is 78.0. The molecule has 2 fully saturated rings. The number of nitrogens with one attached hydrogen (secondary N) is 4. The summed E-state index contributed by atoms with van der Waals surface area (Å²) in [6.07, 6.45) is 4.60. The van der Waals surface area contributed by atoms with Gasteiger partial charge in [-0.05, 0) is 76.9 Å². The quantitative estimate of drug-likeness (QED) is 0.125. The molecule has 4 atom stereocenters. The fraction of sp³-hybridized carbons (Fsp3) is 0.419. The number of imidazole rings is 2. The van der Waals surface area contributed by atoms with Crippen LogP contribution in [-0.2, 0) is 19.1 Å². The minimum absolute atomic E-state index is 0.120. The predicted octanol–water partition coefficient (Wildman–Crippen LogP) is 5.68. The molecule has 4 aromatic heterocycles. The second kappa shape index (κ2) is 16.3. The van der Waals surface area contributed by atoms with Crippen molar-refractivity contribution in [3.05, 3.63) is 72.3 Å². The van der Waals surface area contributed by atoms with Crippen LogP contribution in [0.4, 0.5) is 9.59 Å². The van der Waals surface area contributed by atoms with Gasteiger partial charge in [0.25, 0.3) is 5.91 Å². The number of rotatable bonds is 10.